The molecule has 0 atom stereocenters. The number of rotatable bonds is 3. The molecule has 0 aromatic carbocycles. The van der Waals surface area contributed by atoms with Crippen molar-refractivity contribution in [3.63, 3.8) is 0 Å². The Labute approximate surface area is 74.7 Å². The van der Waals surface area contributed by atoms with Crippen molar-refractivity contribution in [2.24, 2.45) is 0 Å². The van der Waals surface area contributed by atoms with E-state index in [0.29, 0.717) is 6.54 Å². The minimum absolute atomic E-state index is 0.366. The largest absolute Gasteiger partial charge is 0.860 e. The van der Waals surface area contributed by atoms with E-state index < -0.39 is 17.1 Å². The topological polar surface area (TPSA) is 77.9 Å². The molecule has 0 bridgehead atoms. The highest BCUT2D eigenvalue weighted by atomic mass is 16.3. The monoisotopic (exact) mass is 183 g/mol. The molecule has 1 rings (SSSR count). The molecule has 0 amide bonds. The van der Waals surface area contributed by atoms with Gasteiger partial charge in [0, 0.05) is 12.6 Å². The highest BCUT2D eigenvalue weighted by Crippen LogP contribution is 1.98. The number of hydrogen-bond donors (Lipinski definition) is 1. The average Bonchev–Trinajstić information content (AvgIpc) is 2.02. The standard InChI is InChI=1S/C8H12N2O3/c1-2-3-4-10-7(12)5-6(11)9-8(10)13/h5,12H,2-4H2,1H3,(H,9,11,13)/p-1. The van der Waals surface area contributed by atoms with Crippen LogP contribution in [-0.4, -0.2) is 9.55 Å². The van der Waals surface area contributed by atoms with Gasteiger partial charge in [-0.25, -0.2) is 4.79 Å². The van der Waals surface area contributed by atoms with Crippen LogP contribution < -0.4 is 16.4 Å². The van der Waals surface area contributed by atoms with Crippen LogP contribution in [0, 0.1) is 0 Å². The zero-order valence-electron chi connectivity index (χ0n) is 7.37. The van der Waals surface area contributed by atoms with Crippen LogP contribution in [0.15, 0.2) is 15.7 Å². The van der Waals surface area contributed by atoms with Crippen LogP contribution in [0.1, 0.15) is 19.8 Å². The first-order valence-corrected chi connectivity index (χ1v) is 4.16. The van der Waals surface area contributed by atoms with E-state index in [1.165, 1.54) is 0 Å². The van der Waals surface area contributed by atoms with Crippen LogP contribution >= 0.6 is 0 Å². The molecular weight excluding hydrogens is 172 g/mol. The van der Waals surface area contributed by atoms with Gasteiger partial charge in [-0.15, -0.1) is 0 Å². The van der Waals surface area contributed by atoms with Gasteiger partial charge in [0.25, 0.3) is 5.56 Å². The van der Waals surface area contributed by atoms with E-state index in [2.05, 4.69) is 0 Å². The molecule has 0 radical (unpaired) electrons. The molecule has 1 heterocycles. The first kappa shape index (κ1) is 9.57. The zero-order valence-corrected chi connectivity index (χ0v) is 7.37. The summed E-state index contributed by atoms with van der Waals surface area (Å²) in [6.45, 7) is 2.33. The molecule has 0 unspecified atom stereocenters. The summed E-state index contributed by atoms with van der Waals surface area (Å²) in [6.07, 6.45) is 1.65. The molecule has 0 aliphatic carbocycles. The predicted octanol–water partition coefficient (Wildman–Crippen LogP) is -0.590. The first-order chi connectivity index (χ1) is 6.15. The van der Waals surface area contributed by atoms with E-state index in [9.17, 15) is 14.7 Å². The SMILES string of the molecule is CCCCn1c([O-])cc(=O)[nH]c1=O. The fraction of sp³-hybridized carbons (Fsp3) is 0.500. The van der Waals surface area contributed by atoms with Crippen molar-refractivity contribution in [3.05, 3.63) is 26.9 Å². The van der Waals surface area contributed by atoms with Crippen molar-refractivity contribution in [3.8, 4) is 5.88 Å². The lowest BCUT2D eigenvalue weighted by Gasteiger charge is -2.13. The number of aromatic nitrogens is 2. The van der Waals surface area contributed by atoms with E-state index in [4.69, 9.17) is 0 Å². The van der Waals surface area contributed by atoms with Crippen LogP contribution in [0.4, 0.5) is 0 Å². The molecule has 13 heavy (non-hydrogen) atoms. The molecule has 5 nitrogen and oxygen atoms in total. The Balaban J connectivity index is 3.07. The number of nitrogens with one attached hydrogen (secondary N) is 1. The molecule has 1 N–H and O–H groups in total. The summed E-state index contributed by atoms with van der Waals surface area (Å²) in [5.41, 5.74) is -1.26. The maximum absolute atomic E-state index is 11.1. The summed E-state index contributed by atoms with van der Waals surface area (Å²) in [7, 11) is 0. The molecule has 0 aliphatic heterocycles. The molecule has 1 aromatic rings. The lowest BCUT2D eigenvalue weighted by molar-refractivity contribution is -0.280. The van der Waals surface area contributed by atoms with Crippen molar-refractivity contribution < 1.29 is 5.11 Å². The highest BCUT2D eigenvalue weighted by Gasteiger charge is 1.96. The normalized spacial score (nSPS) is 10.2. The third-order valence-corrected chi connectivity index (χ3v) is 1.73. The molecule has 5 heteroatoms. The van der Waals surface area contributed by atoms with Crippen molar-refractivity contribution >= 4 is 0 Å². The second-order valence-corrected chi connectivity index (χ2v) is 2.78. The van der Waals surface area contributed by atoms with E-state index in [1.807, 2.05) is 11.9 Å². The Morgan fingerprint density at radius 3 is 2.77 bits per heavy atom. The summed E-state index contributed by atoms with van der Waals surface area (Å²) in [5, 5.41) is 11.1. The summed E-state index contributed by atoms with van der Waals surface area (Å²) >= 11 is 0. The van der Waals surface area contributed by atoms with Crippen molar-refractivity contribution in [1.29, 1.82) is 0 Å². The summed E-state index contributed by atoms with van der Waals surface area (Å²) in [4.78, 5) is 23.8. The summed E-state index contributed by atoms with van der Waals surface area (Å²) in [6, 6.07) is 0.886. The minimum Gasteiger partial charge on any atom is -0.860 e. The third kappa shape index (κ3) is 2.21. The minimum atomic E-state index is -0.636. The Kier molecular flexibility index (Phi) is 2.89. The number of aromatic amines is 1. The molecule has 0 fully saturated rings. The van der Waals surface area contributed by atoms with Crippen molar-refractivity contribution in [1.82, 2.24) is 9.55 Å². The third-order valence-electron chi connectivity index (χ3n) is 1.73. The Morgan fingerprint density at radius 2 is 2.23 bits per heavy atom. The zero-order chi connectivity index (χ0) is 9.84. The maximum atomic E-state index is 11.1. The van der Waals surface area contributed by atoms with Gasteiger partial charge in [-0.05, 0) is 12.3 Å². The smallest absolute Gasteiger partial charge is 0.327 e. The molecule has 72 valence electrons. The number of unbranched alkanes of at least 4 members (excludes halogenated alkanes) is 1. The van der Waals surface area contributed by atoms with Gasteiger partial charge in [0.05, 0.1) is 0 Å². The summed E-state index contributed by atoms with van der Waals surface area (Å²) in [5.74, 6) is -0.526. The fourth-order valence-electron chi connectivity index (χ4n) is 1.03. The quantitative estimate of drug-likeness (QED) is 0.680. The predicted molar refractivity (Wildman–Crippen MR) is 45.7 cm³/mol. The van der Waals surface area contributed by atoms with Crippen LogP contribution in [0.5, 0.6) is 5.88 Å². The first-order valence-electron chi connectivity index (χ1n) is 4.16. The van der Waals surface area contributed by atoms with E-state index in [0.717, 1.165) is 23.5 Å². The van der Waals surface area contributed by atoms with Crippen molar-refractivity contribution in [2.75, 3.05) is 0 Å². The van der Waals surface area contributed by atoms with Crippen LogP contribution in [0.2, 0.25) is 0 Å². The highest BCUT2D eigenvalue weighted by molar-refractivity contribution is 5.03. The Morgan fingerprint density at radius 1 is 1.54 bits per heavy atom. The van der Waals surface area contributed by atoms with Crippen LogP contribution in [0.3, 0.4) is 0 Å². The van der Waals surface area contributed by atoms with Gasteiger partial charge in [-0.1, -0.05) is 13.3 Å². The van der Waals surface area contributed by atoms with Gasteiger partial charge in [0.15, 0.2) is 0 Å². The van der Waals surface area contributed by atoms with Gasteiger partial charge in [0.1, 0.15) is 0 Å². The Bertz CT molecular complexity index is 391. The summed E-state index contributed by atoms with van der Waals surface area (Å²) < 4.78 is 1.03. The van der Waals surface area contributed by atoms with Gasteiger partial charge in [-0.3, -0.25) is 9.78 Å². The van der Waals surface area contributed by atoms with Gasteiger partial charge in [-0.2, -0.15) is 0 Å². The fourth-order valence-corrected chi connectivity index (χ4v) is 1.03. The van der Waals surface area contributed by atoms with Crippen LogP contribution in [-0.2, 0) is 6.54 Å². The average molecular weight is 183 g/mol. The molecule has 1 aromatic heterocycles. The maximum Gasteiger partial charge on any atom is 0.327 e. The Hall–Kier alpha value is -1.52. The van der Waals surface area contributed by atoms with Crippen molar-refractivity contribution in [2.45, 2.75) is 26.3 Å². The van der Waals surface area contributed by atoms with Gasteiger partial charge in [0.2, 0.25) is 0 Å². The number of H-pyrrole nitrogens is 1. The number of nitrogens with zero attached hydrogens (tertiary/aromatic N) is 1. The molecule has 0 spiro atoms. The molecule has 0 saturated heterocycles. The molecule has 0 saturated carbocycles. The van der Waals surface area contributed by atoms with Crippen LogP contribution in [0.25, 0.3) is 0 Å². The number of hydrogen-bond acceptors (Lipinski definition) is 3. The van der Waals surface area contributed by atoms with E-state index in [1.54, 1.807) is 0 Å². The van der Waals surface area contributed by atoms with E-state index >= 15 is 0 Å². The lowest BCUT2D eigenvalue weighted by Crippen LogP contribution is -2.31. The second kappa shape index (κ2) is 3.93. The second-order valence-electron chi connectivity index (χ2n) is 2.78. The molecular formula is C8H11N2O3-. The molecule has 0 aliphatic rings. The lowest BCUT2D eigenvalue weighted by atomic mass is 10.3. The van der Waals surface area contributed by atoms with E-state index in [-0.39, 0.29) is 0 Å². The van der Waals surface area contributed by atoms with Gasteiger partial charge < -0.3 is 9.67 Å². The van der Waals surface area contributed by atoms with Gasteiger partial charge >= 0.3 is 5.69 Å².